The molecule has 0 aliphatic rings. The summed E-state index contributed by atoms with van der Waals surface area (Å²) in [6.07, 6.45) is 0. The molecule has 0 radical (unpaired) electrons. The van der Waals surface area contributed by atoms with Crippen LogP contribution >= 0.6 is 11.6 Å². The molecule has 0 unspecified atom stereocenters. The van der Waals surface area contributed by atoms with Gasteiger partial charge < -0.3 is 4.74 Å². The van der Waals surface area contributed by atoms with Crippen molar-refractivity contribution in [2.24, 2.45) is 5.92 Å². The number of benzene rings is 2. The summed E-state index contributed by atoms with van der Waals surface area (Å²) in [4.78, 5) is 12.1. The molecule has 0 saturated carbocycles. The molecule has 0 amide bonds. The Morgan fingerprint density at radius 1 is 1.08 bits per heavy atom. The summed E-state index contributed by atoms with van der Waals surface area (Å²) < 4.78 is 32.8. The highest BCUT2D eigenvalue weighted by atomic mass is 35.5. The molecule has 2 rings (SSSR count). The van der Waals surface area contributed by atoms with Crippen LogP contribution in [-0.2, 0) is 19.6 Å². The maximum absolute atomic E-state index is 12.7. The SMILES string of the molecule is COC(=O)[C@@H](C)[C@@H](NS(=O)(=O)c1ccc(C)cc1)c1ccc(Cl)cc1. The van der Waals surface area contributed by atoms with E-state index >= 15 is 0 Å². The van der Waals surface area contributed by atoms with Crippen molar-refractivity contribution in [3.63, 3.8) is 0 Å². The summed E-state index contributed by atoms with van der Waals surface area (Å²) >= 11 is 5.90. The number of carbonyl (C=O) groups is 1. The van der Waals surface area contributed by atoms with Gasteiger partial charge in [0.05, 0.1) is 24.0 Å². The van der Waals surface area contributed by atoms with Crippen LogP contribution in [0.4, 0.5) is 0 Å². The number of hydrogen-bond donors (Lipinski definition) is 1. The van der Waals surface area contributed by atoms with Crippen molar-refractivity contribution in [3.05, 3.63) is 64.7 Å². The lowest BCUT2D eigenvalue weighted by atomic mass is 9.95. The summed E-state index contributed by atoms with van der Waals surface area (Å²) in [7, 11) is -2.54. The van der Waals surface area contributed by atoms with Crippen molar-refractivity contribution in [1.29, 1.82) is 0 Å². The monoisotopic (exact) mass is 381 g/mol. The van der Waals surface area contributed by atoms with E-state index in [0.29, 0.717) is 10.6 Å². The predicted molar refractivity (Wildman–Crippen MR) is 96.9 cm³/mol. The molecule has 0 saturated heterocycles. The normalized spacial score (nSPS) is 13.9. The molecule has 0 aliphatic heterocycles. The zero-order valence-corrected chi connectivity index (χ0v) is 15.8. The fourth-order valence-corrected chi connectivity index (χ4v) is 3.83. The van der Waals surface area contributed by atoms with Crippen molar-refractivity contribution in [2.75, 3.05) is 7.11 Å². The number of sulfonamides is 1. The van der Waals surface area contributed by atoms with E-state index in [1.807, 2.05) is 6.92 Å². The van der Waals surface area contributed by atoms with E-state index in [4.69, 9.17) is 16.3 Å². The predicted octanol–water partition coefficient (Wildman–Crippen LogP) is 3.48. The van der Waals surface area contributed by atoms with E-state index in [-0.39, 0.29) is 4.90 Å². The van der Waals surface area contributed by atoms with Gasteiger partial charge >= 0.3 is 5.97 Å². The van der Waals surface area contributed by atoms with E-state index in [1.54, 1.807) is 43.3 Å². The van der Waals surface area contributed by atoms with Crippen LogP contribution < -0.4 is 4.72 Å². The molecule has 25 heavy (non-hydrogen) atoms. The fourth-order valence-electron chi connectivity index (χ4n) is 2.40. The second-order valence-corrected chi connectivity index (χ2v) is 7.93. The Hall–Kier alpha value is -1.89. The van der Waals surface area contributed by atoms with Gasteiger partial charge in [0, 0.05) is 5.02 Å². The van der Waals surface area contributed by atoms with Crippen LogP contribution in [-0.4, -0.2) is 21.5 Å². The maximum Gasteiger partial charge on any atom is 0.310 e. The average Bonchev–Trinajstić information content (AvgIpc) is 2.59. The number of nitrogens with one attached hydrogen (secondary N) is 1. The molecule has 0 heterocycles. The summed E-state index contributed by atoms with van der Waals surface area (Å²) in [6, 6.07) is 12.4. The van der Waals surface area contributed by atoms with E-state index in [1.165, 1.54) is 19.2 Å². The van der Waals surface area contributed by atoms with Gasteiger partial charge in [-0.2, -0.15) is 0 Å². The van der Waals surface area contributed by atoms with Crippen LogP contribution in [0.25, 0.3) is 0 Å². The number of esters is 1. The zero-order chi connectivity index (χ0) is 18.6. The summed E-state index contributed by atoms with van der Waals surface area (Å²) in [5.74, 6) is -1.22. The first-order valence-electron chi connectivity index (χ1n) is 7.67. The molecule has 2 aromatic carbocycles. The van der Waals surface area contributed by atoms with Crippen LogP contribution in [0.1, 0.15) is 24.1 Å². The standard InChI is InChI=1S/C18H20ClNO4S/c1-12-4-10-16(11-5-12)25(22,23)20-17(13(2)18(21)24-3)14-6-8-15(19)9-7-14/h4-11,13,17,20H,1-3H3/t13-,17+/m0/s1. The topological polar surface area (TPSA) is 72.5 Å². The molecule has 0 fully saturated rings. The van der Waals surface area contributed by atoms with Gasteiger partial charge in [0.15, 0.2) is 0 Å². The lowest BCUT2D eigenvalue weighted by molar-refractivity contribution is -0.145. The van der Waals surface area contributed by atoms with E-state index in [2.05, 4.69) is 4.72 Å². The van der Waals surface area contributed by atoms with Gasteiger partial charge in [-0.1, -0.05) is 48.4 Å². The lowest BCUT2D eigenvalue weighted by Gasteiger charge is -2.24. The van der Waals surface area contributed by atoms with Crippen LogP contribution in [0.3, 0.4) is 0 Å². The smallest absolute Gasteiger partial charge is 0.310 e. The van der Waals surface area contributed by atoms with Gasteiger partial charge in [0.1, 0.15) is 0 Å². The molecular weight excluding hydrogens is 362 g/mol. The first kappa shape index (κ1) is 19.4. The Morgan fingerprint density at radius 3 is 2.16 bits per heavy atom. The van der Waals surface area contributed by atoms with E-state index in [0.717, 1.165) is 5.56 Å². The second-order valence-electron chi connectivity index (χ2n) is 5.78. The van der Waals surface area contributed by atoms with Crippen LogP contribution in [0, 0.1) is 12.8 Å². The quantitative estimate of drug-likeness (QED) is 0.777. The average molecular weight is 382 g/mol. The molecule has 0 aliphatic carbocycles. The van der Waals surface area contributed by atoms with Crippen molar-refractivity contribution >= 4 is 27.6 Å². The van der Waals surface area contributed by atoms with Gasteiger partial charge in [-0.3, -0.25) is 4.79 Å². The largest absolute Gasteiger partial charge is 0.469 e. The molecular formula is C18H20ClNO4S. The number of carbonyl (C=O) groups excluding carboxylic acids is 1. The Bertz CT molecular complexity index is 832. The third-order valence-corrected chi connectivity index (χ3v) is 5.62. The van der Waals surface area contributed by atoms with Crippen molar-refractivity contribution in [1.82, 2.24) is 4.72 Å². The van der Waals surface area contributed by atoms with Gasteiger partial charge in [-0.05, 0) is 36.8 Å². The minimum atomic E-state index is -3.81. The van der Waals surface area contributed by atoms with Crippen molar-refractivity contribution in [2.45, 2.75) is 24.8 Å². The molecule has 0 bridgehead atoms. The minimum absolute atomic E-state index is 0.133. The molecule has 134 valence electrons. The summed E-state index contributed by atoms with van der Waals surface area (Å²) in [6.45, 7) is 3.49. The molecule has 5 nitrogen and oxygen atoms in total. The number of ether oxygens (including phenoxy) is 1. The van der Waals surface area contributed by atoms with E-state index < -0.39 is 28.0 Å². The summed E-state index contributed by atoms with van der Waals surface area (Å²) in [5, 5.41) is 0.523. The highest BCUT2D eigenvalue weighted by Gasteiger charge is 2.30. The second kappa shape index (κ2) is 7.99. The van der Waals surface area contributed by atoms with Crippen molar-refractivity contribution < 1.29 is 17.9 Å². The first-order chi connectivity index (χ1) is 11.7. The lowest BCUT2D eigenvalue weighted by Crippen LogP contribution is -2.36. The maximum atomic E-state index is 12.7. The minimum Gasteiger partial charge on any atom is -0.469 e. The number of rotatable bonds is 6. The molecule has 0 aromatic heterocycles. The van der Waals surface area contributed by atoms with Crippen LogP contribution in [0.2, 0.25) is 5.02 Å². The molecule has 0 spiro atoms. The molecule has 7 heteroatoms. The highest BCUT2D eigenvalue weighted by molar-refractivity contribution is 7.89. The van der Waals surface area contributed by atoms with Crippen molar-refractivity contribution in [3.8, 4) is 0 Å². The number of halogens is 1. The van der Waals surface area contributed by atoms with Gasteiger partial charge in [0.2, 0.25) is 10.0 Å². The van der Waals surface area contributed by atoms with Gasteiger partial charge in [0.25, 0.3) is 0 Å². The Kier molecular flexibility index (Phi) is 6.21. The highest BCUT2D eigenvalue weighted by Crippen LogP contribution is 2.27. The number of aryl methyl sites for hydroxylation is 1. The zero-order valence-electron chi connectivity index (χ0n) is 14.2. The third-order valence-electron chi connectivity index (χ3n) is 3.92. The number of methoxy groups -OCH3 is 1. The Morgan fingerprint density at radius 2 is 1.64 bits per heavy atom. The number of hydrogen-bond acceptors (Lipinski definition) is 4. The first-order valence-corrected chi connectivity index (χ1v) is 9.53. The molecule has 1 N–H and O–H groups in total. The third kappa shape index (κ3) is 4.81. The molecule has 2 aromatic rings. The van der Waals surface area contributed by atoms with Gasteiger partial charge in [-0.25, -0.2) is 13.1 Å². The Balaban J connectivity index is 2.39. The van der Waals surface area contributed by atoms with Gasteiger partial charge in [-0.15, -0.1) is 0 Å². The molecule has 2 atom stereocenters. The Labute approximate surface area is 153 Å². The van der Waals surface area contributed by atoms with E-state index in [9.17, 15) is 13.2 Å². The fraction of sp³-hybridized carbons (Fsp3) is 0.278. The van der Waals surface area contributed by atoms with Crippen LogP contribution in [0.5, 0.6) is 0 Å². The summed E-state index contributed by atoms with van der Waals surface area (Å²) in [5.41, 5.74) is 1.58. The van der Waals surface area contributed by atoms with Crippen LogP contribution in [0.15, 0.2) is 53.4 Å².